The Labute approximate surface area is 165 Å². The third-order valence-electron chi connectivity index (χ3n) is 6.74. The van der Waals surface area contributed by atoms with Gasteiger partial charge in [0.2, 0.25) is 5.79 Å². The Morgan fingerprint density at radius 1 is 0.889 bits per heavy atom. The molecule has 0 saturated heterocycles. The monoisotopic (exact) mass is 389 g/mol. The SMILES string of the molecule is CO[Si](OC)c1ccc2c(c1)COC(C1CCCCC1)(C1CCCCC1)O2. The van der Waals surface area contributed by atoms with Gasteiger partial charge in [0.05, 0.1) is 6.61 Å². The number of hydrogen-bond acceptors (Lipinski definition) is 4. The minimum absolute atomic E-state index is 0.411. The minimum atomic E-state index is -1.41. The van der Waals surface area contributed by atoms with Crippen molar-refractivity contribution in [1.82, 2.24) is 0 Å². The van der Waals surface area contributed by atoms with Crippen molar-refractivity contribution in [1.29, 1.82) is 0 Å². The van der Waals surface area contributed by atoms with E-state index in [2.05, 4.69) is 18.2 Å². The Morgan fingerprint density at radius 3 is 2.04 bits per heavy atom. The quantitative estimate of drug-likeness (QED) is 0.698. The fraction of sp³-hybridized carbons (Fsp3) is 0.727. The van der Waals surface area contributed by atoms with Gasteiger partial charge in [-0.2, -0.15) is 0 Å². The lowest BCUT2D eigenvalue weighted by Crippen LogP contribution is -2.55. The lowest BCUT2D eigenvalue weighted by molar-refractivity contribution is -0.278. The van der Waals surface area contributed by atoms with Gasteiger partial charge < -0.3 is 18.3 Å². The number of hydrogen-bond donors (Lipinski definition) is 0. The van der Waals surface area contributed by atoms with Gasteiger partial charge in [0.15, 0.2) is 0 Å². The van der Waals surface area contributed by atoms with Crippen LogP contribution in [-0.2, 0) is 20.2 Å². The van der Waals surface area contributed by atoms with Crippen molar-refractivity contribution in [2.45, 2.75) is 76.6 Å². The summed E-state index contributed by atoms with van der Waals surface area (Å²) in [6.45, 7) is 0.638. The Bertz CT molecular complexity index is 601. The number of rotatable bonds is 5. The molecule has 1 aliphatic heterocycles. The normalized spacial score (nSPS) is 23.8. The molecule has 1 heterocycles. The van der Waals surface area contributed by atoms with Gasteiger partial charge in [-0.05, 0) is 43.0 Å². The molecule has 4 rings (SSSR count). The van der Waals surface area contributed by atoms with Crippen molar-refractivity contribution in [2.75, 3.05) is 14.2 Å². The third-order valence-corrected chi connectivity index (χ3v) is 8.26. The molecule has 2 aliphatic carbocycles. The van der Waals surface area contributed by atoms with Crippen LogP contribution in [0.1, 0.15) is 69.8 Å². The highest BCUT2D eigenvalue weighted by Gasteiger charge is 2.51. The van der Waals surface area contributed by atoms with Gasteiger partial charge in [-0.15, -0.1) is 0 Å². The van der Waals surface area contributed by atoms with E-state index in [4.69, 9.17) is 18.3 Å². The Balaban J connectivity index is 1.62. The highest BCUT2D eigenvalue weighted by molar-refractivity contribution is 6.61. The Hall–Kier alpha value is -0.883. The molecule has 0 atom stereocenters. The lowest BCUT2D eigenvalue weighted by Gasteiger charge is -2.50. The summed E-state index contributed by atoms with van der Waals surface area (Å²) < 4.78 is 24.5. The first-order chi connectivity index (χ1) is 13.3. The van der Waals surface area contributed by atoms with Crippen molar-refractivity contribution in [3.05, 3.63) is 23.8 Å². The Kier molecular flexibility index (Phi) is 6.22. The van der Waals surface area contributed by atoms with E-state index in [1.165, 1.54) is 64.2 Å². The minimum Gasteiger partial charge on any atom is -0.461 e. The van der Waals surface area contributed by atoms with Crippen LogP contribution in [-0.4, -0.2) is 29.3 Å². The molecule has 0 spiro atoms. The lowest BCUT2D eigenvalue weighted by atomic mass is 9.72. The standard InChI is InChI=1S/C22H33O4Si/c1-23-27(24-2)20-13-14-21-17(15-20)16-25-22(26-21,18-9-5-3-6-10-18)19-11-7-4-8-12-19/h13-15,18-19H,3-12,16H2,1-2H3. The van der Waals surface area contributed by atoms with Crippen molar-refractivity contribution in [2.24, 2.45) is 11.8 Å². The van der Waals surface area contributed by atoms with E-state index < -0.39 is 15.1 Å². The number of ether oxygens (including phenoxy) is 2. The summed E-state index contributed by atoms with van der Waals surface area (Å²) in [6.07, 6.45) is 12.9. The molecular formula is C22H33O4Si. The summed E-state index contributed by atoms with van der Waals surface area (Å²) in [5.41, 5.74) is 1.13. The maximum absolute atomic E-state index is 6.81. The van der Waals surface area contributed by atoms with E-state index in [1.807, 2.05) is 0 Å². The van der Waals surface area contributed by atoms with Crippen LogP contribution in [0.5, 0.6) is 5.75 Å². The van der Waals surface area contributed by atoms with Crippen LogP contribution >= 0.6 is 0 Å². The smallest absolute Gasteiger partial charge is 0.423 e. The molecule has 27 heavy (non-hydrogen) atoms. The van der Waals surface area contributed by atoms with Crippen LogP contribution in [0, 0.1) is 11.8 Å². The van der Waals surface area contributed by atoms with Gasteiger partial charge in [0, 0.05) is 31.6 Å². The molecule has 2 fully saturated rings. The second-order valence-electron chi connectivity index (χ2n) is 8.30. The van der Waals surface area contributed by atoms with E-state index in [1.54, 1.807) is 14.2 Å². The molecule has 149 valence electrons. The largest absolute Gasteiger partial charge is 0.461 e. The topological polar surface area (TPSA) is 36.9 Å². The van der Waals surface area contributed by atoms with Crippen LogP contribution in [0.15, 0.2) is 18.2 Å². The first-order valence-corrected chi connectivity index (χ1v) is 12.0. The zero-order valence-electron chi connectivity index (χ0n) is 16.8. The molecule has 4 nitrogen and oxygen atoms in total. The summed E-state index contributed by atoms with van der Waals surface area (Å²) in [6, 6.07) is 6.39. The van der Waals surface area contributed by atoms with Crippen LogP contribution in [0.3, 0.4) is 0 Å². The molecule has 1 aromatic rings. The average molecular weight is 390 g/mol. The zero-order chi connectivity index (χ0) is 18.7. The van der Waals surface area contributed by atoms with Gasteiger partial charge >= 0.3 is 9.28 Å². The van der Waals surface area contributed by atoms with Crippen molar-refractivity contribution in [3.63, 3.8) is 0 Å². The van der Waals surface area contributed by atoms with Crippen molar-refractivity contribution < 1.29 is 18.3 Å². The van der Waals surface area contributed by atoms with E-state index in [-0.39, 0.29) is 0 Å². The molecule has 0 bridgehead atoms. The molecule has 0 N–H and O–H groups in total. The fourth-order valence-electron chi connectivity index (χ4n) is 5.38. The summed E-state index contributed by atoms with van der Waals surface area (Å²) in [5, 5.41) is 1.11. The second-order valence-corrected chi connectivity index (χ2v) is 10.3. The highest BCUT2D eigenvalue weighted by Crippen LogP contribution is 2.49. The summed E-state index contributed by atoms with van der Waals surface area (Å²) in [7, 11) is 2.01. The molecule has 0 aromatic heterocycles. The first-order valence-electron chi connectivity index (χ1n) is 10.7. The molecule has 3 aliphatic rings. The molecule has 5 heteroatoms. The van der Waals surface area contributed by atoms with E-state index >= 15 is 0 Å². The third kappa shape index (κ3) is 3.84. The molecule has 0 amide bonds. The van der Waals surface area contributed by atoms with Gasteiger partial charge in [-0.3, -0.25) is 0 Å². The van der Waals surface area contributed by atoms with E-state index in [0.717, 1.165) is 16.5 Å². The van der Waals surface area contributed by atoms with Crippen LogP contribution in [0.2, 0.25) is 0 Å². The van der Waals surface area contributed by atoms with Gasteiger partial charge in [-0.25, -0.2) is 0 Å². The molecule has 0 unspecified atom stereocenters. The number of benzene rings is 1. The maximum Gasteiger partial charge on any atom is 0.423 e. The van der Waals surface area contributed by atoms with Crippen LogP contribution in [0.4, 0.5) is 0 Å². The van der Waals surface area contributed by atoms with Crippen molar-refractivity contribution >= 4 is 14.5 Å². The maximum atomic E-state index is 6.81. The second kappa shape index (κ2) is 8.64. The molecular weight excluding hydrogens is 356 g/mol. The summed E-state index contributed by atoms with van der Waals surface area (Å²) in [5.74, 6) is 1.65. The van der Waals surface area contributed by atoms with Crippen LogP contribution < -0.4 is 9.92 Å². The van der Waals surface area contributed by atoms with E-state index in [9.17, 15) is 0 Å². The summed E-state index contributed by atoms with van der Waals surface area (Å²) >= 11 is 0. The number of fused-ring (bicyclic) bond motifs is 1. The first kappa shape index (κ1) is 19.4. The van der Waals surface area contributed by atoms with Gasteiger partial charge in [0.1, 0.15) is 5.75 Å². The molecule has 1 aromatic carbocycles. The van der Waals surface area contributed by atoms with Gasteiger partial charge in [-0.1, -0.05) is 44.6 Å². The molecule has 1 radical (unpaired) electrons. The molecule has 2 saturated carbocycles. The zero-order valence-corrected chi connectivity index (χ0v) is 17.8. The van der Waals surface area contributed by atoms with Gasteiger partial charge in [0.25, 0.3) is 0 Å². The predicted octanol–water partition coefficient (Wildman–Crippen LogP) is 4.44. The van der Waals surface area contributed by atoms with E-state index in [0.29, 0.717) is 18.4 Å². The Morgan fingerprint density at radius 2 is 1.48 bits per heavy atom. The highest BCUT2D eigenvalue weighted by atomic mass is 28.3. The average Bonchev–Trinajstić information content (AvgIpc) is 2.75. The predicted molar refractivity (Wildman–Crippen MR) is 107 cm³/mol. The summed E-state index contributed by atoms with van der Waals surface area (Å²) in [4.78, 5) is 0. The fourth-order valence-corrected chi connectivity index (χ4v) is 6.52. The van der Waals surface area contributed by atoms with Crippen molar-refractivity contribution in [3.8, 4) is 5.75 Å². The van der Waals surface area contributed by atoms with Crippen LogP contribution in [0.25, 0.3) is 0 Å².